The van der Waals surface area contributed by atoms with Crippen LogP contribution in [0.5, 0.6) is 0 Å². The van der Waals surface area contributed by atoms with Crippen molar-refractivity contribution in [2.24, 2.45) is 0 Å². The van der Waals surface area contributed by atoms with Crippen molar-refractivity contribution in [3.8, 4) is 5.69 Å². The number of aliphatic hydroxyl groups is 1. The molecular weight excluding hydrogens is 310 g/mol. The van der Waals surface area contributed by atoms with E-state index in [1.165, 1.54) is 6.08 Å². The Balaban J connectivity index is 1.92. The van der Waals surface area contributed by atoms with Gasteiger partial charge < -0.3 is 15.0 Å². The van der Waals surface area contributed by atoms with Crippen molar-refractivity contribution in [2.45, 2.75) is 12.5 Å². The molecule has 1 unspecified atom stereocenters. The van der Waals surface area contributed by atoms with E-state index in [2.05, 4.69) is 10.3 Å². The van der Waals surface area contributed by atoms with Gasteiger partial charge in [0.1, 0.15) is 0 Å². The summed E-state index contributed by atoms with van der Waals surface area (Å²) in [6, 6.07) is 7.84. The number of aromatic nitrogens is 2. The van der Waals surface area contributed by atoms with E-state index in [0.717, 1.165) is 17.0 Å². The first-order chi connectivity index (χ1) is 11.2. The maximum atomic E-state index is 11.9. The van der Waals surface area contributed by atoms with E-state index < -0.39 is 0 Å². The minimum Gasteiger partial charge on any atom is -0.396 e. The van der Waals surface area contributed by atoms with Crippen molar-refractivity contribution in [3.63, 3.8) is 0 Å². The van der Waals surface area contributed by atoms with Crippen LogP contribution in [0.4, 0.5) is 0 Å². The fourth-order valence-corrected chi connectivity index (χ4v) is 2.80. The molecule has 0 aliphatic carbocycles. The van der Waals surface area contributed by atoms with E-state index in [1.807, 2.05) is 41.3 Å². The van der Waals surface area contributed by atoms with Crippen LogP contribution in [0.1, 0.15) is 12.0 Å². The lowest BCUT2D eigenvalue weighted by atomic mass is 10.2. The Labute approximate surface area is 140 Å². The van der Waals surface area contributed by atoms with Gasteiger partial charge in [-0.1, -0.05) is 12.1 Å². The fourth-order valence-electron chi connectivity index (χ4n) is 2.14. The van der Waals surface area contributed by atoms with E-state index in [4.69, 9.17) is 5.11 Å². The summed E-state index contributed by atoms with van der Waals surface area (Å²) in [6.07, 6.45) is 11.2. The van der Waals surface area contributed by atoms with Gasteiger partial charge in [-0.25, -0.2) is 4.98 Å². The van der Waals surface area contributed by atoms with Crippen LogP contribution in [0.3, 0.4) is 0 Å². The Kier molecular flexibility index (Phi) is 6.90. The lowest BCUT2D eigenvalue weighted by Crippen LogP contribution is -2.36. The average molecular weight is 331 g/mol. The molecule has 1 aromatic heterocycles. The molecule has 0 fully saturated rings. The summed E-state index contributed by atoms with van der Waals surface area (Å²) < 4.78 is 1.92. The van der Waals surface area contributed by atoms with E-state index in [0.29, 0.717) is 6.42 Å². The number of carbonyl (C=O) groups excluding carboxylic acids is 1. The summed E-state index contributed by atoms with van der Waals surface area (Å²) >= 11 is 1.65. The largest absolute Gasteiger partial charge is 0.396 e. The van der Waals surface area contributed by atoms with Crippen LogP contribution < -0.4 is 5.32 Å². The van der Waals surface area contributed by atoms with Crippen molar-refractivity contribution in [1.29, 1.82) is 0 Å². The molecule has 0 radical (unpaired) electrons. The summed E-state index contributed by atoms with van der Waals surface area (Å²) in [5.41, 5.74) is 1.97. The molecule has 0 saturated heterocycles. The van der Waals surface area contributed by atoms with E-state index >= 15 is 0 Å². The van der Waals surface area contributed by atoms with Crippen LogP contribution in [0.15, 0.2) is 49.1 Å². The van der Waals surface area contributed by atoms with Crippen molar-refractivity contribution in [3.05, 3.63) is 54.6 Å². The number of nitrogens with zero attached hydrogens (tertiary/aromatic N) is 2. The number of rotatable bonds is 8. The molecule has 0 spiro atoms. The van der Waals surface area contributed by atoms with Crippen LogP contribution in [-0.4, -0.2) is 45.2 Å². The highest BCUT2D eigenvalue weighted by Gasteiger charge is 2.09. The van der Waals surface area contributed by atoms with Gasteiger partial charge in [0.25, 0.3) is 0 Å². The van der Waals surface area contributed by atoms with Gasteiger partial charge in [-0.05, 0) is 36.4 Å². The molecular formula is C17H21N3O2S. The second-order valence-corrected chi connectivity index (χ2v) is 5.98. The third-order valence-corrected chi connectivity index (χ3v) is 4.05. The zero-order valence-electron chi connectivity index (χ0n) is 13.1. The predicted molar refractivity (Wildman–Crippen MR) is 94.6 cm³/mol. The number of benzene rings is 1. The first-order valence-corrected chi connectivity index (χ1v) is 8.79. The molecule has 6 heteroatoms. The number of hydrogen-bond acceptors (Lipinski definition) is 4. The average Bonchev–Trinajstić information content (AvgIpc) is 3.08. The zero-order valence-corrected chi connectivity index (χ0v) is 13.9. The predicted octanol–water partition coefficient (Wildman–Crippen LogP) is 2.12. The number of nitrogens with one attached hydrogen (secondary N) is 1. The standard InChI is InChI=1S/C17H21N3O2S/c1-23-12-15(8-11-21)19-17(22)7-4-14-2-5-16(6-3-14)20-10-9-18-13-20/h2-7,9-10,13,15,21H,8,11-12H2,1H3,(H,19,22)/b7-4+. The van der Waals surface area contributed by atoms with Gasteiger partial charge in [0.15, 0.2) is 0 Å². The summed E-state index contributed by atoms with van der Waals surface area (Å²) in [4.78, 5) is 15.9. The smallest absolute Gasteiger partial charge is 0.244 e. The van der Waals surface area contributed by atoms with Gasteiger partial charge in [-0.2, -0.15) is 11.8 Å². The fraction of sp³-hybridized carbons (Fsp3) is 0.294. The Morgan fingerprint density at radius 1 is 1.43 bits per heavy atom. The maximum Gasteiger partial charge on any atom is 0.244 e. The molecule has 122 valence electrons. The molecule has 2 N–H and O–H groups in total. The Bertz CT molecular complexity index is 618. The minimum atomic E-state index is -0.142. The number of aliphatic hydroxyl groups excluding tert-OH is 1. The lowest BCUT2D eigenvalue weighted by molar-refractivity contribution is -0.117. The van der Waals surface area contributed by atoms with Crippen molar-refractivity contribution in [1.82, 2.24) is 14.9 Å². The summed E-state index contributed by atoms with van der Waals surface area (Å²) in [7, 11) is 0. The van der Waals surface area contributed by atoms with Crippen LogP contribution in [-0.2, 0) is 4.79 Å². The number of thioether (sulfide) groups is 1. The summed E-state index contributed by atoms with van der Waals surface area (Å²) in [5, 5.41) is 11.9. The van der Waals surface area contributed by atoms with Crippen LogP contribution in [0, 0.1) is 0 Å². The lowest BCUT2D eigenvalue weighted by Gasteiger charge is -2.15. The highest BCUT2D eigenvalue weighted by molar-refractivity contribution is 7.98. The molecule has 2 aromatic rings. The molecule has 2 rings (SSSR count). The highest BCUT2D eigenvalue weighted by atomic mass is 32.2. The Morgan fingerprint density at radius 2 is 2.22 bits per heavy atom. The van der Waals surface area contributed by atoms with Crippen molar-refractivity contribution < 1.29 is 9.90 Å². The van der Waals surface area contributed by atoms with Crippen LogP contribution in [0.2, 0.25) is 0 Å². The van der Waals surface area contributed by atoms with Crippen LogP contribution >= 0.6 is 11.8 Å². The molecule has 5 nitrogen and oxygen atoms in total. The molecule has 0 saturated carbocycles. The molecule has 1 atom stereocenters. The number of hydrogen-bond donors (Lipinski definition) is 2. The first-order valence-electron chi connectivity index (χ1n) is 7.39. The molecule has 0 bridgehead atoms. The maximum absolute atomic E-state index is 11.9. The topological polar surface area (TPSA) is 67.2 Å². The van der Waals surface area contributed by atoms with E-state index in [1.54, 1.807) is 30.4 Å². The van der Waals surface area contributed by atoms with Crippen molar-refractivity contribution >= 4 is 23.7 Å². The van der Waals surface area contributed by atoms with Gasteiger partial charge >= 0.3 is 0 Å². The van der Waals surface area contributed by atoms with Gasteiger partial charge in [-0.3, -0.25) is 4.79 Å². The molecule has 23 heavy (non-hydrogen) atoms. The third-order valence-electron chi connectivity index (χ3n) is 3.31. The molecule has 0 aliphatic rings. The van der Waals surface area contributed by atoms with Gasteiger partial charge in [0.2, 0.25) is 5.91 Å². The van der Waals surface area contributed by atoms with Gasteiger partial charge in [0, 0.05) is 42.6 Å². The second kappa shape index (κ2) is 9.17. The van der Waals surface area contributed by atoms with E-state index in [-0.39, 0.29) is 18.6 Å². The number of amides is 1. The summed E-state index contributed by atoms with van der Waals surface area (Å²) in [6.45, 7) is 0.0743. The minimum absolute atomic E-state index is 0.00392. The van der Waals surface area contributed by atoms with Gasteiger partial charge in [0.05, 0.1) is 6.33 Å². The highest BCUT2D eigenvalue weighted by Crippen LogP contribution is 2.10. The Hall–Kier alpha value is -2.05. The number of imidazole rings is 1. The second-order valence-electron chi connectivity index (χ2n) is 5.07. The van der Waals surface area contributed by atoms with E-state index in [9.17, 15) is 4.79 Å². The normalized spacial score (nSPS) is 12.4. The molecule has 1 heterocycles. The molecule has 1 amide bonds. The molecule has 1 aromatic carbocycles. The third kappa shape index (κ3) is 5.58. The quantitative estimate of drug-likeness (QED) is 0.727. The van der Waals surface area contributed by atoms with Crippen molar-refractivity contribution in [2.75, 3.05) is 18.6 Å². The zero-order chi connectivity index (χ0) is 16.5. The van der Waals surface area contributed by atoms with Crippen LogP contribution in [0.25, 0.3) is 11.8 Å². The summed E-state index contributed by atoms with van der Waals surface area (Å²) in [5.74, 6) is 0.649. The number of carbonyl (C=O) groups is 1. The first kappa shape index (κ1) is 17.3. The molecule has 0 aliphatic heterocycles. The SMILES string of the molecule is CSCC(CCO)NC(=O)/C=C/c1ccc(-n2ccnc2)cc1. The Morgan fingerprint density at radius 3 is 2.83 bits per heavy atom. The van der Waals surface area contributed by atoms with Gasteiger partial charge in [-0.15, -0.1) is 0 Å². The monoisotopic (exact) mass is 331 g/mol.